The highest BCUT2D eigenvalue weighted by Crippen LogP contribution is 2.32. The Balaban J connectivity index is 1.40. The number of ether oxygens (including phenoxy) is 2. The Bertz CT molecular complexity index is 993. The lowest BCUT2D eigenvalue weighted by Gasteiger charge is -2.10. The first-order chi connectivity index (χ1) is 13.7. The smallest absolute Gasteiger partial charge is 0.193 e. The van der Waals surface area contributed by atoms with Crippen molar-refractivity contribution >= 4 is 22.5 Å². The molecule has 0 fully saturated rings. The van der Waals surface area contributed by atoms with Gasteiger partial charge in [-0.25, -0.2) is 0 Å². The van der Waals surface area contributed by atoms with Crippen LogP contribution in [-0.4, -0.2) is 30.7 Å². The van der Waals surface area contributed by atoms with Crippen LogP contribution in [0.25, 0.3) is 10.9 Å². The van der Waals surface area contributed by atoms with Gasteiger partial charge in [0.1, 0.15) is 0 Å². The molecule has 0 unspecified atom stereocenters. The summed E-state index contributed by atoms with van der Waals surface area (Å²) in [5.74, 6) is 1.90. The third kappa shape index (κ3) is 3.91. The van der Waals surface area contributed by atoms with E-state index in [2.05, 4.69) is 46.6 Å². The van der Waals surface area contributed by atoms with Gasteiger partial charge in [-0.15, -0.1) is 0 Å². The number of anilines is 1. The van der Waals surface area contributed by atoms with Gasteiger partial charge in [0.05, 0.1) is 13.2 Å². The molecule has 146 valence electrons. The topological polar surface area (TPSA) is 84.7 Å². The number of aromatic amines is 1. The zero-order valence-electron chi connectivity index (χ0n) is 16.1. The number of benzene rings is 2. The predicted octanol–water partition coefficient (Wildman–Crippen LogP) is 3.86. The fourth-order valence-electron chi connectivity index (χ4n) is 3.50. The highest BCUT2D eigenvalue weighted by Gasteiger charge is 2.11. The molecule has 0 amide bonds. The van der Waals surface area contributed by atoms with Crippen molar-refractivity contribution < 1.29 is 9.47 Å². The molecule has 0 atom stereocenters. The second-order valence-electron chi connectivity index (χ2n) is 6.86. The molecule has 1 aliphatic heterocycles. The van der Waals surface area contributed by atoms with Gasteiger partial charge >= 0.3 is 0 Å². The molecule has 0 saturated heterocycles. The van der Waals surface area contributed by atoms with E-state index in [1.807, 2.05) is 18.2 Å². The SMILES string of the molecule is CCc1cccc2c(CCN=C(N)Nc3ccc4c(c3)OCCCO4)c[nH]c12. The molecule has 28 heavy (non-hydrogen) atoms. The van der Waals surface area contributed by atoms with E-state index in [9.17, 15) is 0 Å². The van der Waals surface area contributed by atoms with E-state index in [0.29, 0.717) is 25.7 Å². The number of hydrogen-bond donors (Lipinski definition) is 3. The van der Waals surface area contributed by atoms with E-state index in [-0.39, 0.29) is 0 Å². The summed E-state index contributed by atoms with van der Waals surface area (Å²) >= 11 is 0. The molecular formula is C22H26N4O2. The molecule has 0 radical (unpaired) electrons. The van der Waals surface area contributed by atoms with Crippen molar-refractivity contribution in [1.29, 1.82) is 0 Å². The first-order valence-corrected chi connectivity index (χ1v) is 9.79. The Morgan fingerprint density at radius 1 is 1.14 bits per heavy atom. The Hall–Kier alpha value is -3.15. The van der Waals surface area contributed by atoms with E-state index in [0.717, 1.165) is 36.4 Å². The molecule has 4 rings (SSSR count). The lowest BCUT2D eigenvalue weighted by molar-refractivity contribution is 0.297. The van der Waals surface area contributed by atoms with Gasteiger partial charge in [0.25, 0.3) is 0 Å². The number of aliphatic imine (C=N–C) groups is 1. The molecule has 6 nitrogen and oxygen atoms in total. The van der Waals surface area contributed by atoms with Gasteiger partial charge in [-0.3, -0.25) is 4.99 Å². The molecule has 0 bridgehead atoms. The lowest BCUT2D eigenvalue weighted by atomic mass is 10.1. The summed E-state index contributed by atoms with van der Waals surface area (Å²) < 4.78 is 11.4. The highest BCUT2D eigenvalue weighted by atomic mass is 16.5. The van der Waals surface area contributed by atoms with Gasteiger partial charge in [0, 0.05) is 41.8 Å². The number of rotatable bonds is 5. The molecule has 0 saturated carbocycles. The maximum absolute atomic E-state index is 6.07. The number of nitrogens with zero attached hydrogens (tertiary/aromatic N) is 1. The minimum atomic E-state index is 0.392. The molecule has 3 aromatic rings. The van der Waals surface area contributed by atoms with Crippen molar-refractivity contribution in [3.8, 4) is 11.5 Å². The average Bonchev–Trinajstić information content (AvgIpc) is 2.97. The molecule has 1 aromatic heterocycles. The van der Waals surface area contributed by atoms with Crippen molar-refractivity contribution in [2.45, 2.75) is 26.2 Å². The number of fused-ring (bicyclic) bond motifs is 2. The minimum Gasteiger partial charge on any atom is -0.490 e. The van der Waals surface area contributed by atoms with Crippen LogP contribution in [0, 0.1) is 0 Å². The number of nitrogens with one attached hydrogen (secondary N) is 2. The van der Waals surface area contributed by atoms with E-state index in [1.54, 1.807) is 0 Å². The first kappa shape index (κ1) is 18.2. The van der Waals surface area contributed by atoms with Crippen LogP contribution in [0.3, 0.4) is 0 Å². The van der Waals surface area contributed by atoms with Crippen molar-refractivity contribution in [3.05, 3.63) is 53.7 Å². The molecule has 2 aromatic carbocycles. The molecule has 6 heteroatoms. The summed E-state index contributed by atoms with van der Waals surface area (Å²) in [6.45, 7) is 4.12. The van der Waals surface area contributed by atoms with E-state index in [1.165, 1.54) is 22.0 Å². The van der Waals surface area contributed by atoms with Gasteiger partial charge in [-0.05, 0) is 36.1 Å². The number of hydrogen-bond acceptors (Lipinski definition) is 3. The summed E-state index contributed by atoms with van der Waals surface area (Å²) in [5, 5.41) is 4.40. The Morgan fingerprint density at radius 2 is 2.00 bits per heavy atom. The fourth-order valence-corrected chi connectivity index (χ4v) is 3.50. The van der Waals surface area contributed by atoms with Gasteiger partial charge in [0.15, 0.2) is 17.5 Å². The maximum atomic E-state index is 6.07. The zero-order chi connectivity index (χ0) is 19.3. The van der Waals surface area contributed by atoms with Crippen molar-refractivity contribution in [2.24, 2.45) is 10.7 Å². The molecule has 0 spiro atoms. The van der Waals surface area contributed by atoms with Crippen LogP contribution in [0.4, 0.5) is 5.69 Å². The first-order valence-electron chi connectivity index (χ1n) is 9.79. The van der Waals surface area contributed by atoms with Gasteiger partial charge < -0.3 is 25.5 Å². The number of nitrogens with two attached hydrogens (primary N) is 1. The summed E-state index contributed by atoms with van der Waals surface area (Å²) in [5.41, 5.74) is 10.7. The molecule has 1 aliphatic rings. The highest BCUT2D eigenvalue weighted by molar-refractivity contribution is 5.92. The van der Waals surface area contributed by atoms with Crippen LogP contribution < -0.4 is 20.5 Å². The van der Waals surface area contributed by atoms with E-state index >= 15 is 0 Å². The largest absolute Gasteiger partial charge is 0.490 e. The number of aromatic nitrogens is 1. The van der Waals surface area contributed by atoms with Gasteiger partial charge in [0.2, 0.25) is 0 Å². The second-order valence-corrected chi connectivity index (χ2v) is 6.86. The second kappa shape index (κ2) is 8.25. The monoisotopic (exact) mass is 378 g/mol. The number of H-pyrrole nitrogens is 1. The van der Waals surface area contributed by atoms with E-state index < -0.39 is 0 Å². The standard InChI is InChI=1S/C22H26N4O2/c1-2-15-5-3-6-18-16(14-25-21(15)18)9-10-24-22(23)26-17-7-8-19-20(13-17)28-12-4-11-27-19/h3,5-8,13-14,25H,2,4,9-12H2,1H3,(H3,23,24,26). The molecule has 4 N–H and O–H groups in total. The van der Waals surface area contributed by atoms with Gasteiger partial charge in [-0.2, -0.15) is 0 Å². The van der Waals surface area contributed by atoms with Crippen LogP contribution in [0.15, 0.2) is 47.6 Å². The van der Waals surface area contributed by atoms with E-state index in [4.69, 9.17) is 15.2 Å². The normalized spacial score (nSPS) is 14.1. The third-order valence-corrected chi connectivity index (χ3v) is 4.95. The number of para-hydroxylation sites is 1. The summed E-state index contributed by atoms with van der Waals surface area (Å²) in [7, 11) is 0. The lowest BCUT2D eigenvalue weighted by Crippen LogP contribution is -2.23. The fraction of sp³-hybridized carbons (Fsp3) is 0.318. The molecular weight excluding hydrogens is 352 g/mol. The number of guanidine groups is 1. The van der Waals surface area contributed by atoms with Crippen molar-refractivity contribution in [2.75, 3.05) is 25.1 Å². The quantitative estimate of drug-likeness (QED) is 0.465. The average molecular weight is 378 g/mol. The van der Waals surface area contributed by atoms with Crippen LogP contribution in [-0.2, 0) is 12.8 Å². The van der Waals surface area contributed by atoms with Crippen LogP contribution in [0.1, 0.15) is 24.5 Å². The molecule has 0 aliphatic carbocycles. The van der Waals surface area contributed by atoms with Gasteiger partial charge in [-0.1, -0.05) is 25.1 Å². The summed E-state index contributed by atoms with van der Waals surface area (Å²) in [6, 6.07) is 12.1. The summed E-state index contributed by atoms with van der Waals surface area (Å²) in [6.07, 6.45) is 4.81. The summed E-state index contributed by atoms with van der Waals surface area (Å²) in [4.78, 5) is 7.87. The third-order valence-electron chi connectivity index (χ3n) is 4.95. The van der Waals surface area contributed by atoms with Crippen molar-refractivity contribution in [1.82, 2.24) is 4.98 Å². The van der Waals surface area contributed by atoms with Crippen LogP contribution in [0.5, 0.6) is 11.5 Å². The molecule has 2 heterocycles. The minimum absolute atomic E-state index is 0.392. The maximum Gasteiger partial charge on any atom is 0.193 e. The predicted molar refractivity (Wildman–Crippen MR) is 114 cm³/mol. The Kier molecular flexibility index (Phi) is 5.37. The van der Waals surface area contributed by atoms with Crippen molar-refractivity contribution in [3.63, 3.8) is 0 Å². The Labute approximate surface area is 164 Å². The van der Waals surface area contributed by atoms with Crippen LogP contribution >= 0.6 is 0 Å². The zero-order valence-corrected chi connectivity index (χ0v) is 16.1. The Morgan fingerprint density at radius 3 is 2.86 bits per heavy atom. The van der Waals surface area contributed by atoms with Crippen LogP contribution in [0.2, 0.25) is 0 Å². The number of aryl methyl sites for hydroxylation is 1.